The number of nitrogens with one attached hydrogen (secondary N) is 1. The number of carbonyl (C=O) groups is 1. The number of benzene rings is 1. The van der Waals surface area contributed by atoms with Gasteiger partial charge in [-0.1, -0.05) is 29.3 Å². The van der Waals surface area contributed by atoms with Crippen molar-refractivity contribution in [3.05, 3.63) is 68.6 Å². The van der Waals surface area contributed by atoms with E-state index in [2.05, 4.69) is 15.5 Å². The van der Waals surface area contributed by atoms with Crippen molar-refractivity contribution in [1.82, 2.24) is 19.6 Å². The van der Waals surface area contributed by atoms with Gasteiger partial charge < -0.3 is 5.32 Å². The quantitative estimate of drug-likeness (QED) is 0.510. The first-order valence-corrected chi connectivity index (χ1v) is 8.11. The minimum absolute atomic E-state index is 0.170. The molecule has 0 aliphatic heterocycles. The number of amides is 1. The third kappa shape index (κ3) is 4.19. The van der Waals surface area contributed by atoms with Crippen LogP contribution in [0.2, 0.25) is 10.0 Å². The summed E-state index contributed by atoms with van der Waals surface area (Å²) in [7, 11) is 0. The second-order valence-corrected chi connectivity index (χ2v) is 6.11. The molecular formula is C15H12Cl2N6O3. The summed E-state index contributed by atoms with van der Waals surface area (Å²) < 4.78 is 2.76. The Morgan fingerprint density at radius 3 is 2.62 bits per heavy atom. The molecule has 9 nitrogen and oxygen atoms in total. The van der Waals surface area contributed by atoms with E-state index < -0.39 is 10.8 Å². The Labute approximate surface area is 157 Å². The van der Waals surface area contributed by atoms with Gasteiger partial charge in [-0.15, -0.1) is 0 Å². The Morgan fingerprint density at radius 1 is 1.23 bits per heavy atom. The van der Waals surface area contributed by atoms with Crippen LogP contribution in [-0.2, 0) is 17.9 Å². The van der Waals surface area contributed by atoms with Crippen LogP contribution in [0, 0.1) is 10.1 Å². The first-order chi connectivity index (χ1) is 12.4. The van der Waals surface area contributed by atoms with Crippen molar-refractivity contribution in [2.45, 2.75) is 13.1 Å². The zero-order valence-electron chi connectivity index (χ0n) is 13.2. The van der Waals surface area contributed by atoms with Crippen LogP contribution in [0.25, 0.3) is 0 Å². The van der Waals surface area contributed by atoms with Gasteiger partial charge in [-0.05, 0) is 12.1 Å². The molecule has 1 amide bonds. The molecule has 0 saturated carbocycles. The Kier molecular flexibility index (Phi) is 5.19. The van der Waals surface area contributed by atoms with E-state index in [1.54, 1.807) is 35.1 Å². The van der Waals surface area contributed by atoms with Gasteiger partial charge in [-0.25, -0.2) is 0 Å². The second kappa shape index (κ2) is 7.54. The third-order valence-electron chi connectivity index (χ3n) is 3.43. The van der Waals surface area contributed by atoms with Crippen molar-refractivity contribution < 1.29 is 9.72 Å². The molecule has 0 atom stereocenters. The highest BCUT2D eigenvalue weighted by Crippen LogP contribution is 2.25. The SMILES string of the molecule is O=C(Cn1cc([N+](=O)[O-])cn1)Nc1ccn(Cc2c(Cl)cccc2Cl)n1. The molecule has 0 aliphatic rings. The predicted molar refractivity (Wildman–Crippen MR) is 95.3 cm³/mol. The van der Waals surface area contributed by atoms with Crippen LogP contribution in [0.5, 0.6) is 0 Å². The van der Waals surface area contributed by atoms with Crippen molar-refractivity contribution in [3.63, 3.8) is 0 Å². The second-order valence-electron chi connectivity index (χ2n) is 5.30. The fraction of sp³-hybridized carbons (Fsp3) is 0.133. The van der Waals surface area contributed by atoms with Crippen LogP contribution in [0.15, 0.2) is 42.9 Å². The number of anilines is 1. The number of nitro groups is 1. The molecule has 0 aliphatic carbocycles. The van der Waals surface area contributed by atoms with Crippen LogP contribution < -0.4 is 5.32 Å². The molecule has 1 N–H and O–H groups in total. The third-order valence-corrected chi connectivity index (χ3v) is 4.13. The highest BCUT2D eigenvalue weighted by atomic mass is 35.5. The first kappa shape index (κ1) is 17.9. The lowest BCUT2D eigenvalue weighted by Crippen LogP contribution is -2.19. The van der Waals surface area contributed by atoms with Crippen LogP contribution in [-0.4, -0.2) is 30.4 Å². The first-order valence-electron chi connectivity index (χ1n) is 7.35. The lowest BCUT2D eigenvalue weighted by atomic mass is 10.2. The lowest BCUT2D eigenvalue weighted by Gasteiger charge is -2.07. The topological polar surface area (TPSA) is 108 Å². The fourth-order valence-electron chi connectivity index (χ4n) is 2.22. The molecule has 0 fully saturated rings. The number of nitrogens with zero attached hydrogens (tertiary/aromatic N) is 5. The summed E-state index contributed by atoms with van der Waals surface area (Å²) >= 11 is 12.3. The summed E-state index contributed by atoms with van der Waals surface area (Å²) in [4.78, 5) is 22.0. The number of aromatic nitrogens is 4. The average molecular weight is 395 g/mol. The van der Waals surface area contributed by atoms with Crippen molar-refractivity contribution in [2.75, 3.05) is 5.32 Å². The molecular weight excluding hydrogens is 383 g/mol. The number of halogens is 2. The minimum Gasteiger partial charge on any atom is -0.308 e. The molecule has 0 saturated heterocycles. The highest BCUT2D eigenvalue weighted by molar-refractivity contribution is 6.35. The Balaban J connectivity index is 1.62. The van der Waals surface area contributed by atoms with Gasteiger partial charge in [0.25, 0.3) is 0 Å². The van der Waals surface area contributed by atoms with Gasteiger partial charge in [0.2, 0.25) is 5.91 Å². The standard InChI is InChI=1S/C15H12Cl2N6O3/c16-12-2-1-3-13(17)11(12)8-21-5-4-14(20-21)19-15(24)9-22-7-10(6-18-22)23(25)26/h1-7H,8-9H2,(H,19,20,24). The Morgan fingerprint density at radius 2 is 1.96 bits per heavy atom. The van der Waals surface area contributed by atoms with E-state index in [0.717, 1.165) is 11.8 Å². The zero-order valence-corrected chi connectivity index (χ0v) is 14.7. The van der Waals surface area contributed by atoms with Crippen molar-refractivity contribution in [3.8, 4) is 0 Å². The van der Waals surface area contributed by atoms with Gasteiger partial charge in [-0.3, -0.25) is 24.3 Å². The zero-order chi connectivity index (χ0) is 18.7. The molecule has 0 bridgehead atoms. The van der Waals surface area contributed by atoms with E-state index in [1.807, 2.05) is 0 Å². The van der Waals surface area contributed by atoms with E-state index in [9.17, 15) is 14.9 Å². The van der Waals surface area contributed by atoms with Crippen LogP contribution in [0.4, 0.5) is 11.5 Å². The maximum absolute atomic E-state index is 12.0. The van der Waals surface area contributed by atoms with Gasteiger partial charge in [0.15, 0.2) is 5.82 Å². The predicted octanol–water partition coefficient (Wildman–Crippen LogP) is 2.98. The van der Waals surface area contributed by atoms with Crippen LogP contribution in [0.3, 0.4) is 0 Å². The summed E-state index contributed by atoms with van der Waals surface area (Å²) in [6.45, 7) is 0.177. The van der Waals surface area contributed by atoms with Gasteiger partial charge in [-0.2, -0.15) is 10.2 Å². The molecule has 3 rings (SSSR count). The summed E-state index contributed by atoms with van der Waals surface area (Å²) in [5.41, 5.74) is 0.541. The van der Waals surface area contributed by atoms with E-state index >= 15 is 0 Å². The molecule has 0 spiro atoms. The monoisotopic (exact) mass is 394 g/mol. The average Bonchev–Trinajstić information content (AvgIpc) is 3.21. The summed E-state index contributed by atoms with van der Waals surface area (Å²) in [6, 6.07) is 6.84. The minimum atomic E-state index is -0.580. The molecule has 26 heavy (non-hydrogen) atoms. The van der Waals surface area contributed by atoms with E-state index in [1.165, 1.54) is 10.9 Å². The fourth-order valence-corrected chi connectivity index (χ4v) is 2.74. The number of carbonyl (C=O) groups excluding carboxylic acids is 1. The van der Waals surface area contributed by atoms with Gasteiger partial charge >= 0.3 is 5.69 Å². The largest absolute Gasteiger partial charge is 0.308 e. The van der Waals surface area contributed by atoms with Gasteiger partial charge in [0.1, 0.15) is 18.9 Å². The molecule has 2 heterocycles. The van der Waals surface area contributed by atoms with Crippen molar-refractivity contribution in [1.29, 1.82) is 0 Å². The highest BCUT2D eigenvalue weighted by Gasteiger charge is 2.12. The maximum Gasteiger partial charge on any atom is 0.307 e. The summed E-state index contributed by atoms with van der Waals surface area (Å²) in [6.07, 6.45) is 3.93. The molecule has 0 unspecified atom stereocenters. The van der Waals surface area contributed by atoms with Crippen molar-refractivity contribution >= 4 is 40.6 Å². The molecule has 1 aromatic carbocycles. The van der Waals surface area contributed by atoms with Crippen molar-refractivity contribution in [2.24, 2.45) is 0 Å². The van der Waals surface area contributed by atoms with E-state index in [-0.39, 0.29) is 12.2 Å². The van der Waals surface area contributed by atoms with Gasteiger partial charge in [0, 0.05) is 27.9 Å². The van der Waals surface area contributed by atoms with E-state index in [4.69, 9.17) is 23.2 Å². The van der Waals surface area contributed by atoms with Crippen LogP contribution >= 0.6 is 23.2 Å². The molecule has 11 heteroatoms. The summed E-state index contributed by atoms with van der Waals surface area (Å²) in [5, 5.41) is 22.3. The van der Waals surface area contributed by atoms with E-state index in [0.29, 0.717) is 22.4 Å². The molecule has 3 aromatic rings. The Bertz CT molecular complexity index is 948. The normalized spacial score (nSPS) is 10.7. The number of hydrogen-bond donors (Lipinski definition) is 1. The van der Waals surface area contributed by atoms with Crippen LogP contribution in [0.1, 0.15) is 5.56 Å². The molecule has 134 valence electrons. The summed E-state index contributed by atoms with van der Waals surface area (Å²) in [5.74, 6) is -0.0798. The maximum atomic E-state index is 12.0. The lowest BCUT2D eigenvalue weighted by molar-refractivity contribution is -0.385. The Hall–Kier alpha value is -2.91. The van der Waals surface area contributed by atoms with Gasteiger partial charge in [0.05, 0.1) is 11.5 Å². The number of rotatable bonds is 6. The molecule has 2 aromatic heterocycles. The smallest absolute Gasteiger partial charge is 0.307 e. The number of hydrogen-bond acceptors (Lipinski definition) is 5. The molecule has 0 radical (unpaired) electrons.